The summed E-state index contributed by atoms with van der Waals surface area (Å²) in [5.41, 5.74) is 0.262. The van der Waals surface area contributed by atoms with E-state index in [-0.39, 0.29) is 24.4 Å². The number of carbonyl (C=O) groups excluding carboxylic acids is 1. The second-order valence-corrected chi connectivity index (χ2v) is 7.38. The van der Waals surface area contributed by atoms with E-state index < -0.39 is 0 Å². The van der Waals surface area contributed by atoms with Crippen LogP contribution in [-0.4, -0.2) is 12.1 Å². The maximum absolute atomic E-state index is 12.4. The second kappa shape index (κ2) is 12.0. The summed E-state index contributed by atoms with van der Waals surface area (Å²) in [6.45, 7) is 2.92. The molecule has 0 spiro atoms. The summed E-state index contributed by atoms with van der Waals surface area (Å²) >= 11 is 12.2. The first kappa shape index (κ1) is 22.6. The summed E-state index contributed by atoms with van der Waals surface area (Å²) in [6.07, 6.45) is 4.72. The van der Waals surface area contributed by atoms with Crippen molar-refractivity contribution in [2.24, 2.45) is 0 Å². The first-order valence-corrected chi connectivity index (χ1v) is 9.69. The Balaban J connectivity index is 0.00000312. The van der Waals surface area contributed by atoms with Gasteiger partial charge in [-0.15, -0.1) is 0 Å². The Morgan fingerprint density at radius 3 is 2.24 bits per heavy atom. The number of benzene rings is 2. The van der Waals surface area contributed by atoms with Crippen LogP contribution in [0.5, 0.6) is 5.75 Å². The minimum absolute atomic E-state index is 0. The third kappa shape index (κ3) is 7.34. The van der Waals surface area contributed by atoms with Gasteiger partial charge in [-0.1, -0.05) is 67.6 Å². The molecular formula is C19H20Cl2LiO2P. The van der Waals surface area contributed by atoms with Gasteiger partial charge in [0, 0.05) is 11.1 Å². The van der Waals surface area contributed by atoms with Crippen molar-refractivity contribution < 1.29 is 28.4 Å². The van der Waals surface area contributed by atoms with E-state index >= 15 is 0 Å². The molecule has 25 heavy (non-hydrogen) atoms. The summed E-state index contributed by atoms with van der Waals surface area (Å²) in [5, 5.41) is 1.65. The van der Waals surface area contributed by atoms with Crippen LogP contribution in [0.1, 0.15) is 43.0 Å². The summed E-state index contributed by atoms with van der Waals surface area (Å²) in [5.74, 6) is 0.827. The van der Waals surface area contributed by atoms with Gasteiger partial charge in [-0.05, 0) is 30.7 Å². The van der Waals surface area contributed by atoms with Crippen LogP contribution in [0.15, 0.2) is 42.5 Å². The number of ether oxygens (including phenoxy) is 1. The van der Waals surface area contributed by atoms with E-state index in [1.165, 1.54) is 19.3 Å². The molecule has 2 rings (SSSR count). The van der Waals surface area contributed by atoms with E-state index in [0.717, 1.165) is 24.1 Å². The minimum atomic E-state index is -0.112. The van der Waals surface area contributed by atoms with Crippen molar-refractivity contribution >= 4 is 42.6 Å². The van der Waals surface area contributed by atoms with E-state index in [1.807, 2.05) is 24.3 Å². The van der Waals surface area contributed by atoms with Crippen LogP contribution in [-0.2, 0) is 0 Å². The molecule has 2 aromatic carbocycles. The molecule has 0 amide bonds. The zero-order valence-corrected chi connectivity index (χ0v) is 17.0. The van der Waals surface area contributed by atoms with Crippen LogP contribution in [0.2, 0.25) is 10.0 Å². The Morgan fingerprint density at radius 2 is 1.64 bits per heavy atom. The maximum atomic E-state index is 12.4. The molecule has 0 heterocycles. The molecule has 0 fully saturated rings. The van der Waals surface area contributed by atoms with Crippen molar-refractivity contribution in [3.8, 4) is 5.75 Å². The quantitative estimate of drug-likeness (QED) is 0.374. The van der Waals surface area contributed by atoms with Crippen LogP contribution in [0.25, 0.3) is 0 Å². The van der Waals surface area contributed by atoms with Gasteiger partial charge in [0.25, 0.3) is 0 Å². The van der Waals surface area contributed by atoms with Gasteiger partial charge in [-0.3, -0.25) is 0 Å². The zero-order chi connectivity index (χ0) is 17.4. The molecule has 0 N–H and O–H groups in total. The molecule has 0 radical (unpaired) electrons. The van der Waals surface area contributed by atoms with Gasteiger partial charge in [0.05, 0.1) is 16.7 Å². The van der Waals surface area contributed by atoms with Gasteiger partial charge in [-0.2, -0.15) is 5.30 Å². The zero-order valence-electron chi connectivity index (χ0n) is 14.6. The van der Waals surface area contributed by atoms with Gasteiger partial charge in [0.1, 0.15) is 5.75 Å². The number of halogens is 2. The molecule has 2 nitrogen and oxygen atoms in total. The molecule has 0 saturated carbocycles. The number of unbranched alkanes of at least 4 members (excludes halogenated alkanes) is 3. The number of hydrogen-bond donors (Lipinski definition) is 0. The average Bonchev–Trinajstić information content (AvgIpc) is 2.56. The summed E-state index contributed by atoms with van der Waals surface area (Å²) < 4.78 is 5.71. The summed E-state index contributed by atoms with van der Waals surface area (Å²) in [7, 11) is 0.545. The topological polar surface area (TPSA) is 26.3 Å². The van der Waals surface area contributed by atoms with Crippen LogP contribution < -0.4 is 28.9 Å². The van der Waals surface area contributed by atoms with Crippen LogP contribution in [0.4, 0.5) is 0 Å². The third-order valence-corrected chi connectivity index (χ3v) is 5.12. The molecule has 0 bridgehead atoms. The Bertz CT molecular complexity index is 657. The first-order valence-electron chi connectivity index (χ1n) is 8.04. The van der Waals surface area contributed by atoms with E-state index in [1.54, 1.807) is 18.2 Å². The van der Waals surface area contributed by atoms with Crippen molar-refractivity contribution in [2.75, 3.05) is 6.61 Å². The molecular weight excluding hydrogens is 369 g/mol. The van der Waals surface area contributed by atoms with Crippen LogP contribution >= 0.6 is 31.8 Å². The second-order valence-electron chi connectivity index (χ2n) is 5.42. The molecule has 0 atom stereocenters. The standard InChI is InChI=1S/C19H20Cl2O2P.Li/c1-2-3-4-5-13-23-14-9-11-15(12-10-14)24-19(22)18-16(20)7-6-8-17(18)21;/h6-12H,2-5,13H2,1H3;/q-1;+1. The number of carbonyl (C=O) groups is 1. The van der Waals surface area contributed by atoms with E-state index in [4.69, 9.17) is 27.9 Å². The molecule has 0 aliphatic carbocycles. The van der Waals surface area contributed by atoms with E-state index in [0.29, 0.717) is 24.2 Å². The third-order valence-electron chi connectivity index (χ3n) is 3.51. The Hall–Kier alpha value is -0.483. The Labute approximate surface area is 173 Å². The van der Waals surface area contributed by atoms with Crippen LogP contribution in [0.3, 0.4) is 0 Å². The molecule has 0 aliphatic rings. The number of hydrogen-bond acceptors (Lipinski definition) is 2. The monoisotopic (exact) mass is 388 g/mol. The maximum Gasteiger partial charge on any atom is 1.00 e. The Kier molecular flexibility index (Phi) is 10.8. The Morgan fingerprint density at radius 1 is 1.00 bits per heavy atom. The van der Waals surface area contributed by atoms with Crippen molar-refractivity contribution in [3.63, 3.8) is 0 Å². The fraction of sp³-hybridized carbons (Fsp3) is 0.316. The fourth-order valence-corrected chi connectivity index (χ4v) is 3.80. The van der Waals surface area contributed by atoms with Gasteiger partial charge in [0.15, 0.2) is 0 Å². The van der Waals surface area contributed by atoms with Crippen molar-refractivity contribution in [3.05, 3.63) is 58.1 Å². The molecule has 0 aliphatic heterocycles. The average molecular weight is 389 g/mol. The van der Waals surface area contributed by atoms with Crippen molar-refractivity contribution in [2.45, 2.75) is 32.6 Å². The van der Waals surface area contributed by atoms with Crippen molar-refractivity contribution in [1.82, 2.24) is 0 Å². The van der Waals surface area contributed by atoms with Gasteiger partial charge in [0.2, 0.25) is 0 Å². The number of rotatable bonds is 9. The SMILES string of the molecule is CCCCCCOc1ccc([P-]C(=O)c2c(Cl)cccc2Cl)cc1.[Li+]. The molecule has 0 aromatic heterocycles. The van der Waals surface area contributed by atoms with Crippen LogP contribution in [0, 0.1) is 0 Å². The predicted octanol–water partition coefficient (Wildman–Crippen LogP) is 3.37. The van der Waals surface area contributed by atoms with Gasteiger partial charge in [-0.25, -0.2) is 0 Å². The molecule has 2 aromatic rings. The smallest absolute Gasteiger partial charge is 0.494 e. The normalized spacial score (nSPS) is 10.7. The molecule has 0 saturated heterocycles. The van der Waals surface area contributed by atoms with E-state index in [9.17, 15) is 4.79 Å². The fourth-order valence-electron chi connectivity index (χ4n) is 2.21. The summed E-state index contributed by atoms with van der Waals surface area (Å²) in [4.78, 5) is 12.4. The molecule has 128 valence electrons. The summed E-state index contributed by atoms with van der Waals surface area (Å²) in [6, 6.07) is 12.6. The predicted molar refractivity (Wildman–Crippen MR) is 103 cm³/mol. The molecule has 6 heteroatoms. The largest absolute Gasteiger partial charge is 1.00 e. The molecule has 0 unspecified atom stereocenters. The first-order chi connectivity index (χ1) is 11.6. The van der Waals surface area contributed by atoms with Crippen molar-refractivity contribution in [1.29, 1.82) is 0 Å². The van der Waals surface area contributed by atoms with E-state index in [2.05, 4.69) is 6.92 Å². The van der Waals surface area contributed by atoms with Gasteiger partial charge < -0.3 is 18.1 Å². The minimum Gasteiger partial charge on any atom is -0.494 e. The van der Waals surface area contributed by atoms with Gasteiger partial charge >= 0.3 is 18.9 Å².